The minimum atomic E-state index is -3.60. The predicted octanol–water partition coefficient (Wildman–Crippen LogP) is 2.01. The monoisotopic (exact) mass is 399 g/mol. The summed E-state index contributed by atoms with van der Waals surface area (Å²) in [6.45, 7) is 1.86. The quantitative estimate of drug-likeness (QED) is 0.684. The van der Waals surface area contributed by atoms with Crippen LogP contribution >= 0.6 is 0 Å². The standard InChI is InChI=1S/C19H21N5O3S/c1-14(15-7-9-17(10-8-15)24-13-20-12-21-24)22-19(25)16-5-4-6-18(11-16)28(26,27)23(2)3/h4-14H,1-3H3,(H,22,25)/t14-/m1/s1. The van der Waals surface area contributed by atoms with Crippen molar-refractivity contribution in [2.45, 2.75) is 17.9 Å². The lowest BCUT2D eigenvalue weighted by Gasteiger charge is -2.16. The van der Waals surface area contributed by atoms with Crippen molar-refractivity contribution in [3.63, 3.8) is 0 Å². The van der Waals surface area contributed by atoms with Crippen LogP contribution in [0.25, 0.3) is 5.69 Å². The molecule has 0 radical (unpaired) electrons. The highest BCUT2D eigenvalue weighted by Gasteiger charge is 2.19. The molecule has 0 fully saturated rings. The zero-order chi connectivity index (χ0) is 20.3. The van der Waals surface area contributed by atoms with Gasteiger partial charge in [-0.1, -0.05) is 18.2 Å². The Hall–Kier alpha value is -3.04. The van der Waals surface area contributed by atoms with Crippen LogP contribution in [0, 0.1) is 0 Å². The number of hydrogen-bond acceptors (Lipinski definition) is 5. The minimum absolute atomic E-state index is 0.0787. The fraction of sp³-hybridized carbons (Fsp3) is 0.211. The number of sulfonamides is 1. The summed E-state index contributed by atoms with van der Waals surface area (Å²) < 4.78 is 27.3. The van der Waals surface area contributed by atoms with Crippen LogP contribution in [-0.4, -0.2) is 47.5 Å². The third-order valence-corrected chi connectivity index (χ3v) is 6.11. The maximum atomic E-state index is 12.6. The molecule has 3 rings (SSSR count). The van der Waals surface area contributed by atoms with Crippen LogP contribution in [0.3, 0.4) is 0 Å². The molecule has 0 bridgehead atoms. The molecule has 1 atom stereocenters. The van der Waals surface area contributed by atoms with E-state index in [0.29, 0.717) is 0 Å². The van der Waals surface area contributed by atoms with E-state index in [1.54, 1.807) is 23.1 Å². The Bertz CT molecular complexity index is 1060. The number of amides is 1. The summed E-state index contributed by atoms with van der Waals surface area (Å²) in [5.74, 6) is -0.344. The van der Waals surface area contributed by atoms with Crippen molar-refractivity contribution >= 4 is 15.9 Å². The van der Waals surface area contributed by atoms with Gasteiger partial charge in [-0.15, -0.1) is 0 Å². The molecule has 1 heterocycles. The molecule has 28 heavy (non-hydrogen) atoms. The summed E-state index contributed by atoms with van der Waals surface area (Å²) in [4.78, 5) is 16.6. The number of carbonyl (C=O) groups is 1. The Kier molecular flexibility index (Phi) is 5.57. The van der Waals surface area contributed by atoms with E-state index >= 15 is 0 Å². The maximum absolute atomic E-state index is 12.6. The summed E-state index contributed by atoms with van der Waals surface area (Å²) in [7, 11) is -0.697. The zero-order valence-electron chi connectivity index (χ0n) is 15.8. The Morgan fingerprint density at radius 3 is 2.46 bits per heavy atom. The van der Waals surface area contributed by atoms with Crippen LogP contribution < -0.4 is 5.32 Å². The van der Waals surface area contributed by atoms with E-state index < -0.39 is 10.0 Å². The normalized spacial score (nSPS) is 12.7. The van der Waals surface area contributed by atoms with Gasteiger partial charge in [0.1, 0.15) is 12.7 Å². The number of aromatic nitrogens is 3. The van der Waals surface area contributed by atoms with E-state index in [1.165, 1.54) is 32.6 Å². The molecule has 1 N–H and O–H groups in total. The molecule has 0 saturated carbocycles. The van der Waals surface area contributed by atoms with Gasteiger partial charge in [0, 0.05) is 19.7 Å². The average molecular weight is 399 g/mol. The highest BCUT2D eigenvalue weighted by atomic mass is 32.2. The summed E-state index contributed by atoms with van der Waals surface area (Å²) in [6, 6.07) is 13.3. The first-order valence-electron chi connectivity index (χ1n) is 8.57. The van der Waals surface area contributed by atoms with Gasteiger partial charge in [-0.3, -0.25) is 4.79 Å². The van der Waals surface area contributed by atoms with Crippen LogP contribution in [0.1, 0.15) is 28.9 Å². The Balaban J connectivity index is 1.74. The van der Waals surface area contributed by atoms with E-state index in [2.05, 4.69) is 15.4 Å². The van der Waals surface area contributed by atoms with E-state index in [4.69, 9.17) is 0 Å². The highest BCUT2D eigenvalue weighted by Crippen LogP contribution is 2.18. The second-order valence-corrected chi connectivity index (χ2v) is 8.59. The molecule has 0 spiro atoms. The lowest BCUT2D eigenvalue weighted by molar-refractivity contribution is 0.0939. The topological polar surface area (TPSA) is 97.2 Å². The minimum Gasteiger partial charge on any atom is -0.346 e. The fourth-order valence-corrected chi connectivity index (χ4v) is 3.58. The second kappa shape index (κ2) is 7.91. The third kappa shape index (κ3) is 4.10. The summed E-state index contributed by atoms with van der Waals surface area (Å²) >= 11 is 0. The van der Waals surface area contributed by atoms with Crippen molar-refractivity contribution in [1.29, 1.82) is 0 Å². The first-order chi connectivity index (χ1) is 13.3. The molecule has 0 unspecified atom stereocenters. The van der Waals surface area contributed by atoms with Crippen molar-refractivity contribution in [3.8, 4) is 5.69 Å². The van der Waals surface area contributed by atoms with E-state index in [1.807, 2.05) is 31.2 Å². The molecule has 1 amide bonds. The molecule has 146 valence electrons. The molecule has 0 aliphatic rings. The zero-order valence-corrected chi connectivity index (χ0v) is 16.6. The number of nitrogens with zero attached hydrogens (tertiary/aromatic N) is 4. The van der Waals surface area contributed by atoms with Gasteiger partial charge in [-0.25, -0.2) is 22.4 Å². The summed E-state index contributed by atoms with van der Waals surface area (Å²) in [6.07, 6.45) is 3.07. The van der Waals surface area contributed by atoms with Gasteiger partial charge >= 0.3 is 0 Å². The Morgan fingerprint density at radius 1 is 1.14 bits per heavy atom. The predicted molar refractivity (Wildman–Crippen MR) is 105 cm³/mol. The van der Waals surface area contributed by atoms with Crippen LogP contribution in [0.15, 0.2) is 66.1 Å². The summed E-state index contributed by atoms with van der Waals surface area (Å²) in [5, 5.41) is 6.97. The molecule has 0 aliphatic heterocycles. The third-order valence-electron chi connectivity index (χ3n) is 4.30. The van der Waals surface area contributed by atoms with Gasteiger partial charge in [0.25, 0.3) is 5.91 Å². The summed E-state index contributed by atoms with van der Waals surface area (Å²) in [5.41, 5.74) is 2.06. The number of benzene rings is 2. The fourth-order valence-electron chi connectivity index (χ4n) is 2.63. The van der Waals surface area contributed by atoms with Gasteiger partial charge < -0.3 is 5.32 Å². The van der Waals surface area contributed by atoms with Crippen LogP contribution in [-0.2, 0) is 10.0 Å². The molecular weight excluding hydrogens is 378 g/mol. The number of hydrogen-bond donors (Lipinski definition) is 1. The van der Waals surface area contributed by atoms with Gasteiger partial charge in [0.05, 0.1) is 16.6 Å². The maximum Gasteiger partial charge on any atom is 0.251 e. The van der Waals surface area contributed by atoms with Crippen molar-refractivity contribution < 1.29 is 13.2 Å². The van der Waals surface area contributed by atoms with Crippen molar-refractivity contribution in [2.24, 2.45) is 0 Å². The lowest BCUT2D eigenvalue weighted by atomic mass is 10.1. The Labute approximate surface area is 163 Å². The van der Waals surface area contributed by atoms with E-state index in [0.717, 1.165) is 15.6 Å². The van der Waals surface area contributed by atoms with Crippen LogP contribution in [0.2, 0.25) is 0 Å². The van der Waals surface area contributed by atoms with Gasteiger partial charge in [0.15, 0.2) is 0 Å². The lowest BCUT2D eigenvalue weighted by Crippen LogP contribution is -2.27. The SMILES string of the molecule is C[C@@H](NC(=O)c1cccc(S(=O)(=O)N(C)C)c1)c1ccc(-n2cncn2)cc1. The number of carbonyl (C=O) groups excluding carboxylic acids is 1. The van der Waals surface area contributed by atoms with Crippen molar-refractivity contribution in [3.05, 3.63) is 72.3 Å². The molecule has 0 saturated heterocycles. The molecule has 8 nitrogen and oxygen atoms in total. The molecule has 0 aliphatic carbocycles. The molecule has 1 aromatic heterocycles. The van der Waals surface area contributed by atoms with Crippen LogP contribution in [0.5, 0.6) is 0 Å². The molecular formula is C19H21N5O3S. The molecule has 3 aromatic rings. The number of rotatable bonds is 6. The number of nitrogens with one attached hydrogen (secondary N) is 1. The second-order valence-electron chi connectivity index (χ2n) is 6.44. The van der Waals surface area contributed by atoms with Crippen molar-refractivity contribution in [2.75, 3.05) is 14.1 Å². The van der Waals surface area contributed by atoms with Crippen molar-refractivity contribution in [1.82, 2.24) is 24.4 Å². The molecule has 2 aromatic carbocycles. The smallest absolute Gasteiger partial charge is 0.251 e. The van der Waals surface area contributed by atoms with E-state index in [9.17, 15) is 13.2 Å². The first kappa shape index (κ1) is 19.7. The Morgan fingerprint density at radius 2 is 1.86 bits per heavy atom. The van der Waals surface area contributed by atoms with E-state index in [-0.39, 0.29) is 22.4 Å². The van der Waals surface area contributed by atoms with Gasteiger partial charge in [-0.2, -0.15) is 5.10 Å². The highest BCUT2D eigenvalue weighted by molar-refractivity contribution is 7.89. The largest absolute Gasteiger partial charge is 0.346 e. The average Bonchev–Trinajstić information content (AvgIpc) is 3.23. The first-order valence-corrected chi connectivity index (χ1v) is 10.0. The van der Waals surface area contributed by atoms with Gasteiger partial charge in [-0.05, 0) is 42.8 Å². The van der Waals surface area contributed by atoms with Gasteiger partial charge in [0.2, 0.25) is 10.0 Å². The van der Waals surface area contributed by atoms with Crippen LogP contribution in [0.4, 0.5) is 0 Å². The molecule has 9 heteroatoms.